The Bertz CT molecular complexity index is 595. The molecule has 19 heavy (non-hydrogen) atoms. The van der Waals surface area contributed by atoms with Gasteiger partial charge in [0.2, 0.25) is 0 Å². The number of aryl methyl sites for hydroxylation is 1. The van der Waals surface area contributed by atoms with E-state index in [1.54, 1.807) is 18.2 Å². The highest BCUT2D eigenvalue weighted by Crippen LogP contribution is 2.24. The Morgan fingerprint density at radius 2 is 2.21 bits per heavy atom. The molecule has 1 unspecified atom stereocenters. The minimum atomic E-state index is -2.95. The number of carbonyl (C=O) groups is 1. The summed E-state index contributed by atoms with van der Waals surface area (Å²) < 4.78 is 27.8. The van der Waals surface area contributed by atoms with Gasteiger partial charge in [-0.2, -0.15) is 0 Å². The number of ether oxygens (including phenoxy) is 1. The third kappa shape index (κ3) is 3.94. The maximum absolute atomic E-state index is 11.7. The van der Waals surface area contributed by atoms with Crippen LogP contribution in [0, 0.1) is 12.8 Å². The van der Waals surface area contributed by atoms with Gasteiger partial charge in [-0.3, -0.25) is 4.79 Å². The smallest absolute Gasteiger partial charge is 0.311 e. The monoisotopic (exact) mass is 302 g/mol. The van der Waals surface area contributed by atoms with Gasteiger partial charge in [0, 0.05) is 11.4 Å². The van der Waals surface area contributed by atoms with Gasteiger partial charge >= 0.3 is 5.97 Å². The van der Waals surface area contributed by atoms with Crippen LogP contribution < -0.4 is 4.74 Å². The summed E-state index contributed by atoms with van der Waals surface area (Å²) in [7, 11) is -2.95. The van der Waals surface area contributed by atoms with Gasteiger partial charge < -0.3 is 4.74 Å². The highest BCUT2D eigenvalue weighted by molar-refractivity contribution is 7.91. The van der Waals surface area contributed by atoms with Crippen LogP contribution in [0.15, 0.2) is 18.2 Å². The van der Waals surface area contributed by atoms with Crippen molar-refractivity contribution in [1.29, 1.82) is 0 Å². The van der Waals surface area contributed by atoms with Gasteiger partial charge in [0.25, 0.3) is 0 Å². The average Bonchev–Trinajstić information content (AvgIpc) is 2.63. The SMILES string of the molecule is Cc1cc(OC(=O)CC2CCS(=O)(=O)C2)ccc1Cl. The first-order valence-electron chi connectivity index (χ1n) is 6.03. The Labute approximate surface area is 117 Å². The summed E-state index contributed by atoms with van der Waals surface area (Å²) in [6, 6.07) is 4.98. The van der Waals surface area contributed by atoms with E-state index in [9.17, 15) is 13.2 Å². The van der Waals surface area contributed by atoms with Crippen LogP contribution in [0.1, 0.15) is 18.4 Å². The molecule has 0 spiro atoms. The number of carbonyl (C=O) groups excluding carboxylic acids is 1. The van der Waals surface area contributed by atoms with Crippen molar-refractivity contribution in [1.82, 2.24) is 0 Å². The second-order valence-electron chi connectivity index (χ2n) is 4.86. The van der Waals surface area contributed by atoms with E-state index in [0.717, 1.165) is 5.56 Å². The summed E-state index contributed by atoms with van der Waals surface area (Å²) in [6.07, 6.45) is 0.679. The lowest BCUT2D eigenvalue weighted by Gasteiger charge is -2.08. The fraction of sp³-hybridized carbons (Fsp3) is 0.462. The summed E-state index contributed by atoms with van der Waals surface area (Å²) in [4.78, 5) is 11.7. The van der Waals surface area contributed by atoms with Gasteiger partial charge in [0.1, 0.15) is 5.75 Å². The number of halogens is 1. The maximum Gasteiger partial charge on any atom is 0.311 e. The zero-order chi connectivity index (χ0) is 14.0. The fourth-order valence-corrected chi connectivity index (χ4v) is 4.10. The third-order valence-corrected chi connectivity index (χ3v) is 5.40. The Hall–Kier alpha value is -1.07. The zero-order valence-corrected chi connectivity index (χ0v) is 12.1. The fourth-order valence-electron chi connectivity index (χ4n) is 2.12. The van der Waals surface area contributed by atoms with Crippen molar-refractivity contribution in [3.63, 3.8) is 0 Å². The minimum absolute atomic E-state index is 0.0851. The predicted octanol–water partition coefficient (Wildman–Crippen LogP) is 2.38. The molecule has 0 aromatic heterocycles. The van der Waals surface area contributed by atoms with Crippen LogP contribution in [0.25, 0.3) is 0 Å². The van der Waals surface area contributed by atoms with Crippen LogP contribution >= 0.6 is 11.6 Å². The van der Waals surface area contributed by atoms with Gasteiger partial charge in [0.05, 0.1) is 11.5 Å². The number of benzene rings is 1. The molecule has 2 rings (SSSR count). The normalized spacial score (nSPS) is 21.3. The molecule has 1 aromatic carbocycles. The molecule has 0 saturated carbocycles. The van der Waals surface area contributed by atoms with Crippen LogP contribution in [-0.4, -0.2) is 25.9 Å². The van der Waals surface area contributed by atoms with E-state index >= 15 is 0 Å². The van der Waals surface area contributed by atoms with Crippen LogP contribution in [0.2, 0.25) is 5.02 Å². The summed E-state index contributed by atoms with van der Waals surface area (Å²) in [6.45, 7) is 1.82. The molecule has 1 aliphatic heterocycles. The molecule has 0 bridgehead atoms. The second-order valence-corrected chi connectivity index (χ2v) is 7.49. The van der Waals surface area contributed by atoms with Crippen molar-refractivity contribution in [2.45, 2.75) is 19.8 Å². The Morgan fingerprint density at radius 3 is 2.79 bits per heavy atom. The molecule has 1 fully saturated rings. The van der Waals surface area contributed by atoms with Crippen molar-refractivity contribution in [2.24, 2.45) is 5.92 Å². The molecule has 0 amide bonds. The van der Waals surface area contributed by atoms with E-state index in [0.29, 0.717) is 17.2 Å². The molecule has 0 N–H and O–H groups in total. The first kappa shape index (κ1) is 14.3. The van der Waals surface area contributed by atoms with Crippen LogP contribution in [0.3, 0.4) is 0 Å². The van der Waals surface area contributed by atoms with Crippen molar-refractivity contribution < 1.29 is 17.9 Å². The molecule has 1 aromatic rings. The number of rotatable bonds is 3. The largest absolute Gasteiger partial charge is 0.427 e. The van der Waals surface area contributed by atoms with E-state index in [-0.39, 0.29) is 23.8 Å². The lowest BCUT2D eigenvalue weighted by molar-refractivity contribution is -0.135. The van der Waals surface area contributed by atoms with Crippen molar-refractivity contribution in [3.8, 4) is 5.75 Å². The van der Waals surface area contributed by atoms with E-state index in [1.807, 2.05) is 6.92 Å². The van der Waals surface area contributed by atoms with Crippen LogP contribution in [0.4, 0.5) is 0 Å². The molecule has 0 radical (unpaired) electrons. The maximum atomic E-state index is 11.7. The van der Waals surface area contributed by atoms with Crippen molar-refractivity contribution >= 4 is 27.4 Å². The van der Waals surface area contributed by atoms with Crippen molar-refractivity contribution in [2.75, 3.05) is 11.5 Å². The number of esters is 1. The highest BCUT2D eigenvalue weighted by atomic mass is 35.5. The van der Waals surface area contributed by atoms with Gasteiger partial charge in [0.15, 0.2) is 9.84 Å². The molecule has 1 atom stereocenters. The zero-order valence-electron chi connectivity index (χ0n) is 10.6. The minimum Gasteiger partial charge on any atom is -0.427 e. The molecule has 4 nitrogen and oxygen atoms in total. The summed E-state index contributed by atoms with van der Waals surface area (Å²) in [5.41, 5.74) is 0.829. The second kappa shape index (κ2) is 5.51. The average molecular weight is 303 g/mol. The number of hydrogen-bond acceptors (Lipinski definition) is 4. The van der Waals surface area contributed by atoms with Crippen molar-refractivity contribution in [3.05, 3.63) is 28.8 Å². The van der Waals surface area contributed by atoms with E-state index in [2.05, 4.69) is 0 Å². The summed E-state index contributed by atoms with van der Waals surface area (Å²) >= 11 is 5.88. The van der Waals surface area contributed by atoms with Gasteiger partial charge in [-0.15, -0.1) is 0 Å². The van der Waals surface area contributed by atoms with Crippen LogP contribution in [0.5, 0.6) is 5.75 Å². The van der Waals surface area contributed by atoms with E-state index < -0.39 is 15.8 Å². The lowest BCUT2D eigenvalue weighted by Crippen LogP contribution is -2.15. The summed E-state index contributed by atoms with van der Waals surface area (Å²) in [5.74, 6) is 0.176. The standard InChI is InChI=1S/C13H15ClO4S/c1-9-6-11(2-3-12(9)14)18-13(15)7-10-4-5-19(16,17)8-10/h2-3,6,10H,4-5,7-8H2,1H3. The van der Waals surface area contributed by atoms with Gasteiger partial charge in [-0.05, 0) is 43.0 Å². The Kier molecular flexibility index (Phi) is 4.16. The van der Waals surface area contributed by atoms with Gasteiger partial charge in [-0.25, -0.2) is 8.42 Å². The molecule has 1 heterocycles. The highest BCUT2D eigenvalue weighted by Gasteiger charge is 2.29. The molecule has 1 saturated heterocycles. The predicted molar refractivity (Wildman–Crippen MR) is 73.2 cm³/mol. The Morgan fingerprint density at radius 1 is 1.47 bits per heavy atom. The molecular formula is C13H15ClO4S. The Balaban J connectivity index is 1.93. The molecule has 6 heteroatoms. The first-order chi connectivity index (χ1) is 8.85. The van der Waals surface area contributed by atoms with Crippen LogP contribution in [-0.2, 0) is 14.6 Å². The number of sulfone groups is 1. The number of hydrogen-bond donors (Lipinski definition) is 0. The molecular weight excluding hydrogens is 288 g/mol. The topological polar surface area (TPSA) is 60.4 Å². The third-order valence-electron chi connectivity index (χ3n) is 3.14. The molecule has 104 valence electrons. The van der Waals surface area contributed by atoms with E-state index in [1.165, 1.54) is 0 Å². The first-order valence-corrected chi connectivity index (χ1v) is 8.23. The lowest BCUT2D eigenvalue weighted by atomic mass is 10.1. The van der Waals surface area contributed by atoms with Gasteiger partial charge in [-0.1, -0.05) is 11.6 Å². The van der Waals surface area contributed by atoms with E-state index in [4.69, 9.17) is 16.3 Å². The molecule has 0 aliphatic carbocycles. The molecule has 1 aliphatic rings. The quantitative estimate of drug-likeness (QED) is 0.635. The summed E-state index contributed by atoms with van der Waals surface area (Å²) in [5, 5.41) is 0.613.